The summed E-state index contributed by atoms with van der Waals surface area (Å²) in [7, 11) is 2.21. The molecule has 134 valence electrons. The van der Waals surface area contributed by atoms with E-state index in [2.05, 4.69) is 52.5 Å². The zero-order valence-corrected chi connectivity index (χ0v) is 15.4. The van der Waals surface area contributed by atoms with Crippen LogP contribution in [0.3, 0.4) is 0 Å². The van der Waals surface area contributed by atoms with Crippen LogP contribution in [0.2, 0.25) is 0 Å². The molecule has 2 aromatic carbocycles. The van der Waals surface area contributed by atoms with Gasteiger partial charge < -0.3 is 10.2 Å². The van der Waals surface area contributed by atoms with Gasteiger partial charge in [0.25, 0.3) is 0 Å². The SMILES string of the molecule is Cc1cc(Nc2ncn(-c3ccccc3)n2)cc(C2CCCN(C)C2)c1. The Balaban J connectivity index is 1.54. The number of hydrogen-bond acceptors (Lipinski definition) is 4. The molecule has 5 heteroatoms. The van der Waals surface area contributed by atoms with Gasteiger partial charge in [0.05, 0.1) is 5.69 Å². The first kappa shape index (κ1) is 16.8. The Kier molecular flexibility index (Phi) is 4.71. The van der Waals surface area contributed by atoms with Gasteiger partial charge in [-0.05, 0) is 74.7 Å². The fourth-order valence-electron chi connectivity index (χ4n) is 3.71. The van der Waals surface area contributed by atoms with Gasteiger partial charge in [-0.15, -0.1) is 5.10 Å². The van der Waals surface area contributed by atoms with Crippen LogP contribution in [-0.4, -0.2) is 39.8 Å². The lowest BCUT2D eigenvalue weighted by Gasteiger charge is -2.30. The topological polar surface area (TPSA) is 46.0 Å². The Morgan fingerprint density at radius 3 is 2.77 bits per heavy atom. The third-order valence-corrected chi connectivity index (χ3v) is 4.96. The zero-order chi connectivity index (χ0) is 17.9. The Labute approximate surface area is 154 Å². The van der Waals surface area contributed by atoms with Gasteiger partial charge >= 0.3 is 0 Å². The lowest BCUT2D eigenvalue weighted by Crippen LogP contribution is -2.30. The summed E-state index contributed by atoms with van der Waals surface area (Å²) < 4.78 is 1.79. The summed E-state index contributed by atoms with van der Waals surface area (Å²) in [6, 6.07) is 16.7. The van der Waals surface area contributed by atoms with Crippen molar-refractivity contribution in [3.8, 4) is 5.69 Å². The van der Waals surface area contributed by atoms with E-state index >= 15 is 0 Å². The number of para-hydroxylation sites is 1. The molecule has 0 aliphatic carbocycles. The molecule has 1 N–H and O–H groups in total. The molecular weight excluding hydrogens is 322 g/mol. The predicted octanol–water partition coefficient (Wildman–Crippen LogP) is 4.13. The van der Waals surface area contributed by atoms with Crippen molar-refractivity contribution in [1.82, 2.24) is 19.7 Å². The van der Waals surface area contributed by atoms with Gasteiger partial charge in [0, 0.05) is 12.2 Å². The van der Waals surface area contributed by atoms with Gasteiger partial charge in [0.2, 0.25) is 5.95 Å². The molecule has 1 unspecified atom stereocenters. The summed E-state index contributed by atoms with van der Waals surface area (Å²) in [6.07, 6.45) is 4.26. The number of benzene rings is 2. The van der Waals surface area contributed by atoms with E-state index in [1.54, 1.807) is 11.0 Å². The maximum absolute atomic E-state index is 4.55. The summed E-state index contributed by atoms with van der Waals surface area (Å²) in [5.74, 6) is 1.22. The molecule has 0 saturated carbocycles. The first-order valence-electron chi connectivity index (χ1n) is 9.21. The second-order valence-electron chi connectivity index (χ2n) is 7.21. The molecule has 0 spiro atoms. The average molecular weight is 347 g/mol. The van der Waals surface area contributed by atoms with Gasteiger partial charge in [-0.1, -0.05) is 24.3 Å². The molecule has 1 aliphatic rings. The molecule has 0 amide bonds. The quantitative estimate of drug-likeness (QED) is 0.771. The molecule has 26 heavy (non-hydrogen) atoms. The summed E-state index contributed by atoms with van der Waals surface area (Å²) >= 11 is 0. The van der Waals surface area contributed by atoms with Crippen LogP contribution in [0.1, 0.15) is 29.9 Å². The molecule has 4 rings (SSSR count). The molecule has 1 aromatic heterocycles. The van der Waals surface area contributed by atoms with E-state index < -0.39 is 0 Å². The molecule has 0 radical (unpaired) electrons. The molecule has 1 saturated heterocycles. The number of nitrogens with one attached hydrogen (secondary N) is 1. The van der Waals surface area contributed by atoms with Gasteiger partial charge in [0.1, 0.15) is 6.33 Å². The molecule has 1 aliphatic heterocycles. The number of likely N-dealkylation sites (N-methyl/N-ethyl adjacent to an activating group) is 1. The molecule has 5 nitrogen and oxygen atoms in total. The Hall–Kier alpha value is -2.66. The van der Waals surface area contributed by atoms with Crippen molar-refractivity contribution in [3.05, 3.63) is 66.0 Å². The lowest BCUT2D eigenvalue weighted by molar-refractivity contribution is 0.251. The lowest BCUT2D eigenvalue weighted by atomic mass is 9.89. The minimum atomic E-state index is 0.601. The van der Waals surface area contributed by atoms with E-state index in [4.69, 9.17) is 0 Å². The minimum absolute atomic E-state index is 0.601. The Morgan fingerprint density at radius 1 is 1.12 bits per heavy atom. The standard InChI is InChI=1S/C21H25N5/c1-16-11-18(17-7-6-10-25(2)14-17)13-19(12-16)23-21-22-15-26(24-21)20-8-4-3-5-9-20/h3-5,8-9,11-13,15,17H,6-7,10,14H2,1-2H3,(H,23,24). The number of anilines is 2. The summed E-state index contributed by atoms with van der Waals surface area (Å²) in [4.78, 5) is 6.83. The van der Waals surface area contributed by atoms with Crippen LogP contribution in [0.4, 0.5) is 11.6 Å². The normalized spacial score (nSPS) is 18.0. The summed E-state index contributed by atoms with van der Waals surface area (Å²) in [5, 5.41) is 7.91. The number of rotatable bonds is 4. The molecule has 1 atom stereocenters. The average Bonchev–Trinajstić information content (AvgIpc) is 3.10. The van der Waals surface area contributed by atoms with E-state index in [-0.39, 0.29) is 0 Å². The van der Waals surface area contributed by atoms with E-state index in [0.29, 0.717) is 11.9 Å². The van der Waals surface area contributed by atoms with Crippen LogP contribution in [0.15, 0.2) is 54.9 Å². The monoisotopic (exact) mass is 347 g/mol. The first-order chi connectivity index (χ1) is 12.7. The number of likely N-dealkylation sites (tertiary alicyclic amines) is 1. The van der Waals surface area contributed by atoms with Crippen molar-refractivity contribution in [2.75, 3.05) is 25.5 Å². The Bertz CT molecular complexity index is 871. The van der Waals surface area contributed by atoms with Crippen molar-refractivity contribution in [1.29, 1.82) is 0 Å². The van der Waals surface area contributed by atoms with Crippen LogP contribution in [0, 0.1) is 6.92 Å². The third-order valence-electron chi connectivity index (χ3n) is 4.96. The minimum Gasteiger partial charge on any atom is -0.323 e. The highest BCUT2D eigenvalue weighted by atomic mass is 15.4. The van der Waals surface area contributed by atoms with Crippen LogP contribution < -0.4 is 5.32 Å². The van der Waals surface area contributed by atoms with E-state index in [9.17, 15) is 0 Å². The number of nitrogens with zero attached hydrogens (tertiary/aromatic N) is 4. The van der Waals surface area contributed by atoms with Crippen LogP contribution in [0.5, 0.6) is 0 Å². The number of piperidine rings is 1. The van der Waals surface area contributed by atoms with Gasteiger partial charge in [-0.2, -0.15) is 4.98 Å². The van der Waals surface area contributed by atoms with E-state index in [1.807, 2.05) is 30.3 Å². The summed E-state index contributed by atoms with van der Waals surface area (Å²) in [6.45, 7) is 4.48. The third kappa shape index (κ3) is 3.78. The molecule has 0 bridgehead atoms. The second kappa shape index (κ2) is 7.30. The number of hydrogen-bond donors (Lipinski definition) is 1. The number of aromatic nitrogens is 3. The van der Waals surface area contributed by atoms with Gasteiger partial charge in [-0.3, -0.25) is 0 Å². The van der Waals surface area contributed by atoms with Crippen LogP contribution in [-0.2, 0) is 0 Å². The fourth-order valence-corrected chi connectivity index (χ4v) is 3.71. The zero-order valence-electron chi connectivity index (χ0n) is 15.4. The number of aryl methyl sites for hydroxylation is 1. The van der Waals surface area contributed by atoms with E-state index in [1.165, 1.54) is 30.5 Å². The maximum Gasteiger partial charge on any atom is 0.246 e. The van der Waals surface area contributed by atoms with Crippen LogP contribution >= 0.6 is 0 Å². The van der Waals surface area contributed by atoms with Crippen molar-refractivity contribution in [3.63, 3.8) is 0 Å². The maximum atomic E-state index is 4.55. The van der Waals surface area contributed by atoms with E-state index in [0.717, 1.165) is 17.9 Å². The smallest absolute Gasteiger partial charge is 0.246 e. The summed E-state index contributed by atoms with van der Waals surface area (Å²) in [5.41, 5.74) is 4.73. The predicted molar refractivity (Wildman–Crippen MR) is 105 cm³/mol. The molecular formula is C21H25N5. The molecule has 1 fully saturated rings. The highest BCUT2D eigenvalue weighted by molar-refractivity contribution is 5.56. The second-order valence-corrected chi connectivity index (χ2v) is 7.21. The highest BCUT2D eigenvalue weighted by Gasteiger charge is 2.19. The first-order valence-corrected chi connectivity index (χ1v) is 9.21. The van der Waals surface area contributed by atoms with Gasteiger partial charge in [0.15, 0.2) is 0 Å². The van der Waals surface area contributed by atoms with Crippen molar-refractivity contribution < 1.29 is 0 Å². The van der Waals surface area contributed by atoms with Crippen molar-refractivity contribution >= 4 is 11.6 Å². The van der Waals surface area contributed by atoms with Crippen molar-refractivity contribution in [2.24, 2.45) is 0 Å². The van der Waals surface area contributed by atoms with Gasteiger partial charge in [-0.25, -0.2) is 4.68 Å². The largest absolute Gasteiger partial charge is 0.323 e. The van der Waals surface area contributed by atoms with Crippen molar-refractivity contribution in [2.45, 2.75) is 25.7 Å². The molecule has 3 aromatic rings. The Morgan fingerprint density at radius 2 is 1.96 bits per heavy atom. The highest BCUT2D eigenvalue weighted by Crippen LogP contribution is 2.29. The fraction of sp³-hybridized carbons (Fsp3) is 0.333. The van der Waals surface area contributed by atoms with Crippen LogP contribution in [0.25, 0.3) is 5.69 Å². The molecule has 2 heterocycles.